The van der Waals surface area contributed by atoms with Gasteiger partial charge in [-0.2, -0.15) is 0 Å². The van der Waals surface area contributed by atoms with Crippen molar-refractivity contribution in [3.63, 3.8) is 0 Å². The molecule has 1 aliphatic rings. The standard InChI is InChI=1S/C14H26N2O3/c1-10(2)9-12(13(18)19)15-8-6-14(11(3)17)5-4-7-16-14/h10,12,15-16H,4-9H2,1-3H3,(H,18,19)/t12-,14-/m0/s1. The average Bonchev–Trinajstić information content (AvgIpc) is 2.77. The largest absolute Gasteiger partial charge is 0.480 e. The lowest BCUT2D eigenvalue weighted by Gasteiger charge is -2.27. The molecular formula is C14H26N2O3. The Morgan fingerprint density at radius 3 is 2.53 bits per heavy atom. The number of nitrogens with one attached hydrogen (secondary N) is 2. The number of aliphatic carboxylic acids is 1. The first-order valence-corrected chi connectivity index (χ1v) is 7.09. The number of carbonyl (C=O) groups excluding carboxylic acids is 1. The molecule has 1 fully saturated rings. The summed E-state index contributed by atoms with van der Waals surface area (Å²) in [5.41, 5.74) is -0.437. The topological polar surface area (TPSA) is 78.4 Å². The predicted molar refractivity (Wildman–Crippen MR) is 74.1 cm³/mol. The zero-order valence-corrected chi connectivity index (χ0v) is 12.2. The lowest BCUT2D eigenvalue weighted by molar-refractivity contribution is -0.139. The summed E-state index contributed by atoms with van der Waals surface area (Å²) in [6.45, 7) is 7.05. The molecule has 0 saturated carbocycles. The van der Waals surface area contributed by atoms with Gasteiger partial charge in [0.25, 0.3) is 0 Å². The van der Waals surface area contributed by atoms with E-state index in [0.717, 1.165) is 19.4 Å². The molecule has 19 heavy (non-hydrogen) atoms. The highest BCUT2D eigenvalue weighted by Gasteiger charge is 2.37. The fourth-order valence-corrected chi connectivity index (χ4v) is 2.70. The Balaban J connectivity index is 2.46. The maximum atomic E-state index is 11.7. The fraction of sp³-hybridized carbons (Fsp3) is 0.857. The monoisotopic (exact) mass is 270 g/mol. The maximum absolute atomic E-state index is 11.7. The van der Waals surface area contributed by atoms with E-state index in [4.69, 9.17) is 5.11 Å². The van der Waals surface area contributed by atoms with E-state index in [9.17, 15) is 9.59 Å². The Hall–Kier alpha value is -0.940. The highest BCUT2D eigenvalue weighted by molar-refractivity contribution is 5.86. The number of carbonyl (C=O) groups is 2. The number of carboxylic acids is 1. The van der Waals surface area contributed by atoms with Gasteiger partial charge in [-0.05, 0) is 51.6 Å². The van der Waals surface area contributed by atoms with Gasteiger partial charge in [0.2, 0.25) is 0 Å². The molecule has 0 bridgehead atoms. The van der Waals surface area contributed by atoms with E-state index in [1.54, 1.807) is 6.92 Å². The molecule has 0 amide bonds. The highest BCUT2D eigenvalue weighted by Crippen LogP contribution is 2.23. The minimum Gasteiger partial charge on any atom is -0.480 e. The van der Waals surface area contributed by atoms with E-state index in [-0.39, 0.29) is 5.78 Å². The Kier molecular flexibility index (Phi) is 5.94. The summed E-state index contributed by atoms with van der Waals surface area (Å²) in [4.78, 5) is 22.9. The molecular weight excluding hydrogens is 244 g/mol. The van der Waals surface area contributed by atoms with Crippen molar-refractivity contribution >= 4 is 11.8 Å². The van der Waals surface area contributed by atoms with Crippen LogP contribution in [-0.4, -0.2) is 41.5 Å². The third kappa shape index (κ3) is 4.58. The first-order chi connectivity index (χ1) is 8.87. The molecule has 1 rings (SSSR count). The van der Waals surface area contributed by atoms with Gasteiger partial charge < -0.3 is 15.7 Å². The van der Waals surface area contributed by atoms with Gasteiger partial charge in [-0.1, -0.05) is 13.8 Å². The van der Waals surface area contributed by atoms with Crippen molar-refractivity contribution < 1.29 is 14.7 Å². The van der Waals surface area contributed by atoms with Crippen LogP contribution >= 0.6 is 0 Å². The second-order valence-corrected chi connectivity index (χ2v) is 5.89. The SMILES string of the molecule is CC(=O)[C@@]1(CCN[C@@H](CC(C)C)C(=O)O)CCCN1. The van der Waals surface area contributed by atoms with E-state index in [0.29, 0.717) is 25.3 Å². The lowest BCUT2D eigenvalue weighted by atomic mass is 9.89. The summed E-state index contributed by atoms with van der Waals surface area (Å²) >= 11 is 0. The van der Waals surface area contributed by atoms with Crippen LogP contribution in [0.25, 0.3) is 0 Å². The Bertz CT molecular complexity index is 323. The van der Waals surface area contributed by atoms with Crippen LogP contribution in [0.3, 0.4) is 0 Å². The van der Waals surface area contributed by atoms with Crippen molar-refractivity contribution in [3.8, 4) is 0 Å². The van der Waals surface area contributed by atoms with Gasteiger partial charge >= 0.3 is 5.97 Å². The van der Waals surface area contributed by atoms with Gasteiger partial charge in [0.15, 0.2) is 0 Å². The van der Waals surface area contributed by atoms with Crippen LogP contribution in [0, 0.1) is 5.92 Å². The molecule has 0 aromatic carbocycles. The average molecular weight is 270 g/mol. The number of carboxylic acid groups (broad SMARTS) is 1. The molecule has 0 aromatic rings. The van der Waals surface area contributed by atoms with Crippen molar-refractivity contribution in [1.29, 1.82) is 0 Å². The summed E-state index contributed by atoms with van der Waals surface area (Å²) < 4.78 is 0. The van der Waals surface area contributed by atoms with Gasteiger partial charge in [-0.25, -0.2) is 0 Å². The van der Waals surface area contributed by atoms with Crippen LogP contribution in [0.2, 0.25) is 0 Å². The Morgan fingerprint density at radius 2 is 2.11 bits per heavy atom. The third-order valence-electron chi connectivity index (χ3n) is 3.87. The summed E-state index contributed by atoms with van der Waals surface area (Å²) in [6.07, 6.45) is 3.12. The molecule has 2 atom stereocenters. The normalized spacial score (nSPS) is 24.6. The molecule has 1 saturated heterocycles. The summed E-state index contributed by atoms with van der Waals surface area (Å²) in [7, 11) is 0. The van der Waals surface area contributed by atoms with Crippen LogP contribution < -0.4 is 10.6 Å². The van der Waals surface area contributed by atoms with Crippen molar-refractivity contribution in [1.82, 2.24) is 10.6 Å². The van der Waals surface area contributed by atoms with E-state index in [1.807, 2.05) is 13.8 Å². The number of ketones is 1. The van der Waals surface area contributed by atoms with Gasteiger partial charge in [0.05, 0.1) is 5.54 Å². The second-order valence-electron chi connectivity index (χ2n) is 5.89. The van der Waals surface area contributed by atoms with E-state index >= 15 is 0 Å². The highest BCUT2D eigenvalue weighted by atomic mass is 16.4. The summed E-state index contributed by atoms with van der Waals surface area (Å²) in [6, 6.07) is -0.523. The molecule has 0 spiro atoms. The van der Waals surface area contributed by atoms with E-state index < -0.39 is 17.6 Å². The van der Waals surface area contributed by atoms with Gasteiger partial charge in [0, 0.05) is 0 Å². The number of rotatable bonds is 8. The van der Waals surface area contributed by atoms with Crippen LogP contribution in [0.15, 0.2) is 0 Å². The molecule has 1 heterocycles. The molecule has 0 unspecified atom stereocenters. The van der Waals surface area contributed by atoms with Crippen molar-refractivity contribution in [2.45, 2.75) is 58.0 Å². The van der Waals surface area contributed by atoms with E-state index in [2.05, 4.69) is 10.6 Å². The van der Waals surface area contributed by atoms with Gasteiger partial charge in [-0.3, -0.25) is 9.59 Å². The zero-order chi connectivity index (χ0) is 14.5. The van der Waals surface area contributed by atoms with Gasteiger partial charge in [0.1, 0.15) is 11.8 Å². The molecule has 110 valence electrons. The number of Topliss-reactive ketones (excluding diaryl/α,β-unsaturated/α-hetero) is 1. The molecule has 0 aromatic heterocycles. The fourth-order valence-electron chi connectivity index (χ4n) is 2.70. The molecule has 1 aliphatic heterocycles. The Labute approximate surface area is 115 Å². The maximum Gasteiger partial charge on any atom is 0.320 e. The smallest absolute Gasteiger partial charge is 0.320 e. The number of hydrogen-bond acceptors (Lipinski definition) is 4. The summed E-state index contributed by atoms with van der Waals surface area (Å²) in [5.74, 6) is -0.326. The second kappa shape index (κ2) is 7.01. The Morgan fingerprint density at radius 1 is 1.42 bits per heavy atom. The quantitative estimate of drug-likeness (QED) is 0.617. The molecule has 3 N–H and O–H groups in total. The summed E-state index contributed by atoms with van der Waals surface area (Å²) in [5, 5.41) is 15.5. The van der Waals surface area contributed by atoms with E-state index in [1.165, 1.54) is 0 Å². The van der Waals surface area contributed by atoms with Crippen LogP contribution in [-0.2, 0) is 9.59 Å². The molecule has 5 nitrogen and oxygen atoms in total. The molecule has 0 radical (unpaired) electrons. The first-order valence-electron chi connectivity index (χ1n) is 7.09. The van der Waals surface area contributed by atoms with Crippen molar-refractivity contribution in [2.75, 3.05) is 13.1 Å². The van der Waals surface area contributed by atoms with Crippen LogP contribution in [0.4, 0.5) is 0 Å². The predicted octanol–water partition coefficient (Wildman–Crippen LogP) is 1.18. The molecule has 0 aliphatic carbocycles. The zero-order valence-electron chi connectivity index (χ0n) is 12.2. The van der Waals surface area contributed by atoms with Gasteiger partial charge in [-0.15, -0.1) is 0 Å². The van der Waals surface area contributed by atoms with Crippen LogP contribution in [0.1, 0.15) is 46.5 Å². The van der Waals surface area contributed by atoms with Crippen LogP contribution in [0.5, 0.6) is 0 Å². The first kappa shape index (κ1) is 16.1. The van der Waals surface area contributed by atoms with Crippen molar-refractivity contribution in [2.24, 2.45) is 5.92 Å². The number of hydrogen-bond donors (Lipinski definition) is 3. The lowest BCUT2D eigenvalue weighted by Crippen LogP contribution is -2.49. The minimum absolute atomic E-state index is 0.155. The third-order valence-corrected chi connectivity index (χ3v) is 3.87. The van der Waals surface area contributed by atoms with Crippen molar-refractivity contribution in [3.05, 3.63) is 0 Å². The minimum atomic E-state index is -0.815. The molecule has 5 heteroatoms.